The molecular formula is C17H15Cl2NO4. The molecule has 1 atom stereocenters. The number of phenolic OH excluding ortho intramolecular Hbond substituents is 1. The first-order chi connectivity index (χ1) is 11.4. The van der Waals surface area contributed by atoms with E-state index in [4.69, 9.17) is 38.8 Å². The van der Waals surface area contributed by atoms with E-state index in [1.807, 2.05) is 12.1 Å². The summed E-state index contributed by atoms with van der Waals surface area (Å²) < 4.78 is 5.37. The van der Waals surface area contributed by atoms with Crippen molar-refractivity contribution in [2.24, 2.45) is 5.73 Å². The Labute approximate surface area is 148 Å². The summed E-state index contributed by atoms with van der Waals surface area (Å²) in [7, 11) is 0. The molecule has 7 heteroatoms. The van der Waals surface area contributed by atoms with Gasteiger partial charge in [-0.05, 0) is 23.6 Å². The normalized spacial score (nSPS) is 15.9. The maximum atomic E-state index is 11.1. The van der Waals surface area contributed by atoms with E-state index in [2.05, 4.69) is 0 Å². The van der Waals surface area contributed by atoms with Crippen LogP contribution in [-0.4, -0.2) is 22.3 Å². The van der Waals surface area contributed by atoms with Crippen LogP contribution in [-0.2, 0) is 24.2 Å². The maximum Gasteiger partial charge on any atom is 0.345 e. The molecule has 3 rings (SSSR count). The molecule has 0 aromatic heterocycles. The standard InChI is InChI=1S/C17H15Cl2NO4/c18-14-9(3-8-1-2-12(21)11(4-8)7-20)5-10-6-13(17(22)23)24-16(10)15(14)19/h1-2,4-5,13,21H,3,6-7,20H2,(H,22,23). The van der Waals surface area contributed by atoms with Crippen molar-refractivity contribution >= 4 is 29.2 Å². The third kappa shape index (κ3) is 3.02. The number of rotatable bonds is 4. The number of carboxylic acid groups (broad SMARTS) is 1. The van der Waals surface area contributed by atoms with Gasteiger partial charge in [0, 0.05) is 24.1 Å². The number of aromatic hydroxyl groups is 1. The van der Waals surface area contributed by atoms with Crippen molar-refractivity contribution in [2.75, 3.05) is 0 Å². The molecule has 5 nitrogen and oxygen atoms in total. The van der Waals surface area contributed by atoms with Crippen LogP contribution in [0.2, 0.25) is 10.0 Å². The van der Waals surface area contributed by atoms with Gasteiger partial charge in [-0.3, -0.25) is 0 Å². The van der Waals surface area contributed by atoms with E-state index >= 15 is 0 Å². The van der Waals surface area contributed by atoms with Gasteiger partial charge in [-0.25, -0.2) is 4.79 Å². The van der Waals surface area contributed by atoms with Crippen LogP contribution in [0.15, 0.2) is 24.3 Å². The highest BCUT2D eigenvalue weighted by atomic mass is 35.5. The Morgan fingerprint density at radius 3 is 2.67 bits per heavy atom. The van der Waals surface area contributed by atoms with Gasteiger partial charge < -0.3 is 20.7 Å². The molecule has 2 aromatic rings. The largest absolute Gasteiger partial charge is 0.508 e. The summed E-state index contributed by atoms with van der Waals surface area (Å²) in [6.07, 6.45) is -0.212. The Morgan fingerprint density at radius 1 is 1.25 bits per heavy atom. The molecule has 0 amide bonds. The molecule has 0 spiro atoms. The summed E-state index contributed by atoms with van der Waals surface area (Å²) in [4.78, 5) is 11.1. The number of fused-ring (bicyclic) bond motifs is 1. The van der Waals surface area contributed by atoms with E-state index in [0.29, 0.717) is 22.8 Å². The fourth-order valence-corrected chi connectivity index (χ4v) is 3.28. The molecular weight excluding hydrogens is 353 g/mol. The van der Waals surface area contributed by atoms with E-state index in [0.717, 1.165) is 16.7 Å². The highest BCUT2D eigenvalue weighted by Gasteiger charge is 2.32. The average Bonchev–Trinajstić information content (AvgIpc) is 2.98. The second-order valence-electron chi connectivity index (χ2n) is 5.64. The molecule has 0 bridgehead atoms. The number of phenols is 1. The van der Waals surface area contributed by atoms with E-state index < -0.39 is 12.1 Å². The summed E-state index contributed by atoms with van der Waals surface area (Å²) >= 11 is 12.6. The number of carbonyl (C=O) groups is 1. The molecule has 0 aliphatic carbocycles. The van der Waals surface area contributed by atoms with Gasteiger partial charge in [0.2, 0.25) is 0 Å². The lowest BCUT2D eigenvalue weighted by Gasteiger charge is -2.12. The molecule has 2 aromatic carbocycles. The van der Waals surface area contributed by atoms with Crippen LogP contribution in [0.25, 0.3) is 0 Å². The Bertz CT molecular complexity index is 823. The molecule has 24 heavy (non-hydrogen) atoms. The van der Waals surface area contributed by atoms with E-state index in [9.17, 15) is 9.90 Å². The number of ether oxygens (including phenoxy) is 1. The minimum absolute atomic E-state index is 0.150. The summed E-state index contributed by atoms with van der Waals surface area (Å²) in [5, 5.41) is 19.4. The molecule has 0 saturated heterocycles. The molecule has 0 saturated carbocycles. The minimum Gasteiger partial charge on any atom is -0.508 e. The van der Waals surface area contributed by atoms with Crippen LogP contribution in [0, 0.1) is 0 Å². The Hall–Kier alpha value is -1.95. The lowest BCUT2D eigenvalue weighted by Crippen LogP contribution is -2.24. The first-order valence-corrected chi connectivity index (χ1v) is 8.06. The van der Waals surface area contributed by atoms with E-state index in [-0.39, 0.29) is 23.7 Å². The lowest BCUT2D eigenvalue weighted by molar-refractivity contribution is -0.144. The van der Waals surface area contributed by atoms with Gasteiger partial charge in [-0.15, -0.1) is 0 Å². The number of hydrogen-bond donors (Lipinski definition) is 3. The van der Waals surface area contributed by atoms with Crippen molar-refractivity contribution in [3.8, 4) is 11.5 Å². The van der Waals surface area contributed by atoms with Crippen molar-refractivity contribution in [2.45, 2.75) is 25.5 Å². The van der Waals surface area contributed by atoms with Gasteiger partial charge >= 0.3 is 5.97 Å². The SMILES string of the molecule is NCc1cc(Cc2cc3c(c(Cl)c2Cl)OC(C(=O)O)C3)ccc1O. The van der Waals surface area contributed by atoms with Gasteiger partial charge in [0.15, 0.2) is 6.10 Å². The molecule has 0 radical (unpaired) electrons. The quantitative estimate of drug-likeness (QED) is 0.771. The van der Waals surface area contributed by atoms with Crippen molar-refractivity contribution < 1.29 is 19.7 Å². The van der Waals surface area contributed by atoms with Crippen LogP contribution in [0.3, 0.4) is 0 Å². The number of hydrogen-bond acceptors (Lipinski definition) is 4. The van der Waals surface area contributed by atoms with E-state index in [1.165, 1.54) is 0 Å². The fourth-order valence-electron chi connectivity index (χ4n) is 2.78. The average molecular weight is 368 g/mol. The molecule has 1 aliphatic heterocycles. The Kier molecular flexibility index (Phi) is 4.58. The monoisotopic (exact) mass is 367 g/mol. The second kappa shape index (κ2) is 6.51. The zero-order chi connectivity index (χ0) is 17.4. The zero-order valence-electron chi connectivity index (χ0n) is 12.6. The molecule has 1 unspecified atom stereocenters. The van der Waals surface area contributed by atoms with Gasteiger partial charge in [0.1, 0.15) is 16.5 Å². The highest BCUT2D eigenvalue weighted by molar-refractivity contribution is 6.43. The van der Waals surface area contributed by atoms with Crippen LogP contribution in [0.4, 0.5) is 0 Å². The number of halogens is 2. The third-order valence-electron chi connectivity index (χ3n) is 4.01. The van der Waals surface area contributed by atoms with Crippen LogP contribution in [0.1, 0.15) is 22.3 Å². The molecule has 1 heterocycles. The fraction of sp³-hybridized carbons (Fsp3) is 0.235. The van der Waals surface area contributed by atoms with Crippen molar-refractivity contribution in [1.82, 2.24) is 0 Å². The van der Waals surface area contributed by atoms with Gasteiger partial charge in [-0.1, -0.05) is 41.4 Å². The summed E-state index contributed by atoms with van der Waals surface area (Å²) in [6, 6.07) is 7.00. The predicted molar refractivity (Wildman–Crippen MR) is 91.0 cm³/mol. The molecule has 1 aliphatic rings. The van der Waals surface area contributed by atoms with Crippen LogP contribution >= 0.6 is 23.2 Å². The van der Waals surface area contributed by atoms with Crippen molar-refractivity contribution in [1.29, 1.82) is 0 Å². The van der Waals surface area contributed by atoms with Gasteiger partial charge in [0.25, 0.3) is 0 Å². The summed E-state index contributed by atoms with van der Waals surface area (Å²) in [5.41, 5.74) is 8.66. The molecule has 4 N–H and O–H groups in total. The first kappa shape index (κ1) is 16.9. The zero-order valence-corrected chi connectivity index (χ0v) is 14.1. The first-order valence-electron chi connectivity index (χ1n) is 7.30. The predicted octanol–water partition coefficient (Wildman–Crippen LogP) is 3.14. The number of benzene rings is 2. The van der Waals surface area contributed by atoms with E-state index in [1.54, 1.807) is 12.1 Å². The smallest absolute Gasteiger partial charge is 0.345 e. The summed E-state index contributed by atoms with van der Waals surface area (Å²) in [6.45, 7) is 0.229. The topological polar surface area (TPSA) is 92.8 Å². The second-order valence-corrected chi connectivity index (χ2v) is 6.40. The Morgan fingerprint density at radius 2 is 2.00 bits per heavy atom. The van der Waals surface area contributed by atoms with Gasteiger partial charge in [0.05, 0.1) is 5.02 Å². The minimum atomic E-state index is -1.04. The Balaban J connectivity index is 1.95. The van der Waals surface area contributed by atoms with Crippen LogP contribution < -0.4 is 10.5 Å². The molecule has 0 fully saturated rings. The number of nitrogens with two attached hydrogens (primary N) is 1. The highest BCUT2D eigenvalue weighted by Crippen LogP contribution is 2.43. The molecule has 126 valence electrons. The van der Waals surface area contributed by atoms with Crippen molar-refractivity contribution in [3.63, 3.8) is 0 Å². The number of aliphatic carboxylic acids is 1. The summed E-state index contributed by atoms with van der Waals surface area (Å²) in [5.74, 6) is -0.547. The lowest BCUT2D eigenvalue weighted by atomic mass is 9.99. The van der Waals surface area contributed by atoms with Gasteiger partial charge in [-0.2, -0.15) is 0 Å². The van der Waals surface area contributed by atoms with Crippen molar-refractivity contribution in [3.05, 3.63) is 56.6 Å². The van der Waals surface area contributed by atoms with Crippen LogP contribution in [0.5, 0.6) is 11.5 Å². The third-order valence-corrected chi connectivity index (χ3v) is 4.90. The maximum absolute atomic E-state index is 11.1. The number of carboxylic acids is 1.